The van der Waals surface area contributed by atoms with Gasteiger partial charge in [0.15, 0.2) is 0 Å². The van der Waals surface area contributed by atoms with Gasteiger partial charge in [-0.15, -0.1) is 0 Å². The molecule has 3 aromatic carbocycles. The van der Waals surface area contributed by atoms with Crippen LogP contribution in [0.3, 0.4) is 0 Å². The van der Waals surface area contributed by atoms with Crippen molar-refractivity contribution in [3.05, 3.63) is 98.4 Å². The molecule has 0 aromatic heterocycles. The number of rotatable bonds is 4. The molecule has 1 aliphatic heterocycles. The summed E-state index contributed by atoms with van der Waals surface area (Å²) < 4.78 is 0. The van der Waals surface area contributed by atoms with E-state index in [1.807, 2.05) is 76.2 Å². The second-order valence-electron chi connectivity index (χ2n) is 7.81. The van der Waals surface area contributed by atoms with Gasteiger partial charge in [0.05, 0.1) is 16.2 Å². The third-order valence-electron chi connectivity index (χ3n) is 5.32. The zero-order valence-electron chi connectivity index (χ0n) is 17.8. The second-order valence-corrected chi connectivity index (χ2v) is 9.33. The fraction of sp³-hybridized carbons (Fsp3) is 0.154. The first kappa shape index (κ1) is 21.4. The molecule has 5 heteroatoms. The van der Waals surface area contributed by atoms with Crippen LogP contribution in [-0.4, -0.2) is 11.8 Å². The molecule has 3 nitrogen and oxygen atoms in total. The van der Waals surface area contributed by atoms with E-state index in [1.54, 1.807) is 12.1 Å². The average molecular weight is 448 g/mol. The van der Waals surface area contributed by atoms with Gasteiger partial charge in [-0.1, -0.05) is 64.8 Å². The lowest BCUT2D eigenvalue weighted by Crippen LogP contribution is -2.32. The Morgan fingerprint density at radius 1 is 0.742 bits per heavy atom. The molecule has 3 aromatic rings. The first-order valence-corrected chi connectivity index (χ1v) is 11.2. The standard InChI is InChI=1S/C26H22ClNO2S/c1-15-5-11-21(17(3)13-15)23-24(31-20-9-7-19(27)8-10-20)26(30)28(25(23)29)22-12-6-16(2)14-18(22)4/h5-14H,1-4H3. The number of halogens is 1. The maximum absolute atomic E-state index is 13.7. The molecular formula is C26H22ClNO2S. The first-order chi connectivity index (χ1) is 14.8. The van der Waals surface area contributed by atoms with Gasteiger partial charge < -0.3 is 0 Å². The minimum atomic E-state index is -0.299. The predicted molar refractivity (Wildman–Crippen MR) is 129 cm³/mol. The van der Waals surface area contributed by atoms with Crippen molar-refractivity contribution in [1.82, 2.24) is 0 Å². The highest BCUT2D eigenvalue weighted by Gasteiger charge is 2.41. The van der Waals surface area contributed by atoms with Gasteiger partial charge in [-0.05, 0) is 74.7 Å². The Kier molecular flexibility index (Phi) is 5.78. The third-order valence-corrected chi connectivity index (χ3v) is 6.66. The molecule has 2 amide bonds. The minimum Gasteiger partial charge on any atom is -0.268 e. The predicted octanol–water partition coefficient (Wildman–Crippen LogP) is 6.65. The van der Waals surface area contributed by atoms with Crippen molar-refractivity contribution in [2.45, 2.75) is 32.6 Å². The van der Waals surface area contributed by atoms with Crippen LogP contribution in [0.1, 0.15) is 27.8 Å². The van der Waals surface area contributed by atoms with Crippen LogP contribution >= 0.6 is 23.4 Å². The molecule has 0 atom stereocenters. The number of imide groups is 1. The summed E-state index contributed by atoms with van der Waals surface area (Å²) in [7, 11) is 0. The van der Waals surface area contributed by atoms with Crippen LogP contribution in [0.25, 0.3) is 5.57 Å². The fourth-order valence-electron chi connectivity index (χ4n) is 3.83. The Labute approximate surface area is 191 Å². The summed E-state index contributed by atoms with van der Waals surface area (Å²) in [6, 6.07) is 19.0. The summed E-state index contributed by atoms with van der Waals surface area (Å²) >= 11 is 7.33. The Morgan fingerprint density at radius 2 is 1.35 bits per heavy atom. The molecule has 156 valence electrons. The molecule has 0 unspecified atom stereocenters. The topological polar surface area (TPSA) is 37.4 Å². The molecule has 0 fully saturated rings. The largest absolute Gasteiger partial charge is 0.272 e. The van der Waals surface area contributed by atoms with Crippen LogP contribution in [0.15, 0.2) is 70.5 Å². The lowest BCUT2D eigenvalue weighted by atomic mass is 9.98. The summed E-state index contributed by atoms with van der Waals surface area (Å²) in [5.74, 6) is -0.591. The molecule has 0 N–H and O–H groups in total. The number of benzene rings is 3. The minimum absolute atomic E-state index is 0.291. The summed E-state index contributed by atoms with van der Waals surface area (Å²) in [5, 5.41) is 0.624. The quantitative estimate of drug-likeness (QED) is 0.420. The number of anilines is 1. The Morgan fingerprint density at radius 3 is 1.97 bits per heavy atom. The van der Waals surface area contributed by atoms with Gasteiger partial charge in [-0.2, -0.15) is 0 Å². The van der Waals surface area contributed by atoms with Crippen molar-refractivity contribution < 1.29 is 9.59 Å². The van der Waals surface area contributed by atoms with E-state index < -0.39 is 0 Å². The molecule has 1 heterocycles. The molecule has 0 spiro atoms. The van der Waals surface area contributed by atoms with Crippen LogP contribution < -0.4 is 4.90 Å². The van der Waals surface area contributed by atoms with E-state index in [1.165, 1.54) is 16.7 Å². The van der Waals surface area contributed by atoms with Crippen LogP contribution in [0.2, 0.25) is 5.02 Å². The van der Waals surface area contributed by atoms with Crippen molar-refractivity contribution in [2.75, 3.05) is 4.90 Å². The van der Waals surface area contributed by atoms with Gasteiger partial charge in [-0.25, -0.2) is 4.90 Å². The fourth-order valence-corrected chi connectivity index (χ4v) is 4.94. The van der Waals surface area contributed by atoms with Crippen LogP contribution in [-0.2, 0) is 9.59 Å². The first-order valence-electron chi connectivity index (χ1n) is 9.97. The van der Waals surface area contributed by atoms with Gasteiger partial charge in [0, 0.05) is 9.92 Å². The number of nitrogens with zero attached hydrogens (tertiary/aromatic N) is 1. The highest BCUT2D eigenvalue weighted by Crippen LogP contribution is 2.43. The van der Waals surface area contributed by atoms with E-state index >= 15 is 0 Å². The maximum Gasteiger partial charge on any atom is 0.272 e. The average Bonchev–Trinajstić information content (AvgIpc) is 2.94. The zero-order valence-corrected chi connectivity index (χ0v) is 19.4. The molecule has 0 saturated carbocycles. The van der Waals surface area contributed by atoms with Crippen molar-refractivity contribution in [1.29, 1.82) is 0 Å². The van der Waals surface area contributed by atoms with Crippen molar-refractivity contribution >= 4 is 46.4 Å². The SMILES string of the molecule is Cc1ccc(C2=C(Sc3ccc(Cl)cc3)C(=O)N(c3ccc(C)cc3C)C2=O)c(C)c1. The number of amides is 2. The van der Waals surface area contributed by atoms with E-state index in [0.29, 0.717) is 21.2 Å². The second kappa shape index (κ2) is 8.37. The number of thioether (sulfide) groups is 1. The monoisotopic (exact) mass is 447 g/mol. The number of carbonyl (C=O) groups is 2. The van der Waals surface area contributed by atoms with Gasteiger partial charge in [0.1, 0.15) is 0 Å². The number of carbonyl (C=O) groups excluding carboxylic acids is 2. The van der Waals surface area contributed by atoms with Crippen LogP contribution in [0, 0.1) is 27.7 Å². The van der Waals surface area contributed by atoms with Crippen LogP contribution in [0.5, 0.6) is 0 Å². The summed E-state index contributed by atoms with van der Waals surface area (Å²) in [5.41, 5.74) is 5.90. The Bertz CT molecular complexity index is 1240. The lowest BCUT2D eigenvalue weighted by Gasteiger charge is -2.18. The highest BCUT2D eigenvalue weighted by molar-refractivity contribution is 8.04. The van der Waals surface area contributed by atoms with E-state index in [4.69, 9.17) is 11.6 Å². The van der Waals surface area contributed by atoms with Crippen molar-refractivity contribution in [3.8, 4) is 0 Å². The normalized spacial score (nSPS) is 14.0. The molecule has 4 rings (SSSR count). The third kappa shape index (κ3) is 4.06. The van der Waals surface area contributed by atoms with Gasteiger partial charge >= 0.3 is 0 Å². The van der Waals surface area contributed by atoms with Crippen LogP contribution in [0.4, 0.5) is 5.69 Å². The highest BCUT2D eigenvalue weighted by atomic mass is 35.5. The molecule has 0 aliphatic carbocycles. The summed E-state index contributed by atoms with van der Waals surface area (Å²) in [6.07, 6.45) is 0. The van der Waals surface area contributed by atoms with Gasteiger partial charge in [-0.3, -0.25) is 9.59 Å². The smallest absolute Gasteiger partial charge is 0.268 e. The lowest BCUT2D eigenvalue weighted by molar-refractivity contribution is -0.119. The van der Waals surface area contributed by atoms with Gasteiger partial charge in [0.25, 0.3) is 11.8 Å². The molecule has 0 radical (unpaired) electrons. The molecule has 31 heavy (non-hydrogen) atoms. The van der Waals surface area contributed by atoms with Gasteiger partial charge in [0.2, 0.25) is 0 Å². The maximum atomic E-state index is 13.7. The van der Waals surface area contributed by atoms with Crippen molar-refractivity contribution in [3.63, 3.8) is 0 Å². The Balaban J connectivity index is 1.87. The molecule has 0 bridgehead atoms. The molecule has 0 saturated heterocycles. The zero-order chi connectivity index (χ0) is 22.3. The van der Waals surface area contributed by atoms with Crippen molar-refractivity contribution in [2.24, 2.45) is 0 Å². The van der Waals surface area contributed by atoms with E-state index in [2.05, 4.69) is 0 Å². The number of aryl methyl sites for hydroxylation is 4. The van der Waals surface area contributed by atoms with E-state index in [0.717, 1.165) is 32.7 Å². The molecule has 1 aliphatic rings. The number of hydrogen-bond donors (Lipinski definition) is 0. The Hall–Kier alpha value is -2.82. The summed E-state index contributed by atoms with van der Waals surface area (Å²) in [6.45, 7) is 7.89. The number of hydrogen-bond acceptors (Lipinski definition) is 3. The van der Waals surface area contributed by atoms with E-state index in [9.17, 15) is 9.59 Å². The summed E-state index contributed by atoms with van der Waals surface area (Å²) in [4.78, 5) is 29.8. The molecular weight excluding hydrogens is 426 g/mol. The van der Waals surface area contributed by atoms with E-state index in [-0.39, 0.29) is 11.8 Å².